The Morgan fingerprint density at radius 2 is 1.84 bits per heavy atom. The van der Waals surface area contributed by atoms with Crippen molar-refractivity contribution in [1.29, 1.82) is 0 Å². The molecule has 130 valence electrons. The fourth-order valence-electron chi connectivity index (χ4n) is 3.27. The van der Waals surface area contributed by atoms with E-state index < -0.39 is 0 Å². The molecule has 3 aromatic rings. The van der Waals surface area contributed by atoms with E-state index in [1.807, 2.05) is 34.3 Å². The molecule has 4 rings (SSSR count). The van der Waals surface area contributed by atoms with Crippen LogP contribution in [-0.2, 0) is 6.54 Å². The SMILES string of the molecule is O=c1c2ccsc2ccn1CCCN1CCN(c2ncccn2)CC1. The molecule has 1 aliphatic rings. The number of thiophene rings is 1. The Morgan fingerprint density at radius 3 is 2.64 bits per heavy atom. The lowest BCUT2D eigenvalue weighted by Gasteiger charge is -2.34. The molecule has 0 atom stereocenters. The summed E-state index contributed by atoms with van der Waals surface area (Å²) in [6.45, 7) is 5.70. The lowest BCUT2D eigenvalue weighted by molar-refractivity contribution is 0.249. The molecule has 0 aromatic carbocycles. The smallest absolute Gasteiger partial charge is 0.259 e. The lowest BCUT2D eigenvalue weighted by atomic mass is 10.3. The molecule has 0 bridgehead atoms. The first-order valence-corrected chi connectivity index (χ1v) is 9.50. The Hall–Kier alpha value is -2.25. The fourth-order valence-corrected chi connectivity index (χ4v) is 4.05. The molecule has 4 heterocycles. The van der Waals surface area contributed by atoms with Crippen LogP contribution in [0.1, 0.15) is 6.42 Å². The normalized spacial score (nSPS) is 15.8. The van der Waals surface area contributed by atoms with E-state index in [9.17, 15) is 4.79 Å². The number of hydrogen-bond donors (Lipinski definition) is 0. The van der Waals surface area contributed by atoms with Crippen LogP contribution >= 0.6 is 11.3 Å². The number of aromatic nitrogens is 3. The minimum atomic E-state index is 0.129. The second-order valence-corrected chi connectivity index (χ2v) is 7.19. The summed E-state index contributed by atoms with van der Waals surface area (Å²) in [6, 6.07) is 5.80. The number of hydrogen-bond acceptors (Lipinski definition) is 6. The maximum absolute atomic E-state index is 12.4. The van der Waals surface area contributed by atoms with Crippen molar-refractivity contribution in [1.82, 2.24) is 19.4 Å². The average Bonchev–Trinajstić information content (AvgIpc) is 3.15. The highest BCUT2D eigenvalue weighted by atomic mass is 32.1. The molecule has 7 heteroatoms. The molecular formula is C18H21N5OS. The van der Waals surface area contributed by atoms with Crippen LogP contribution in [0.2, 0.25) is 0 Å². The summed E-state index contributed by atoms with van der Waals surface area (Å²) in [7, 11) is 0. The number of aryl methyl sites for hydroxylation is 1. The zero-order valence-electron chi connectivity index (χ0n) is 14.0. The van der Waals surface area contributed by atoms with E-state index in [0.29, 0.717) is 0 Å². The summed E-state index contributed by atoms with van der Waals surface area (Å²) in [4.78, 5) is 25.7. The molecule has 1 saturated heterocycles. The minimum absolute atomic E-state index is 0.129. The van der Waals surface area contributed by atoms with Crippen LogP contribution in [0.3, 0.4) is 0 Å². The largest absolute Gasteiger partial charge is 0.338 e. The van der Waals surface area contributed by atoms with Gasteiger partial charge in [0.05, 0.1) is 5.39 Å². The summed E-state index contributed by atoms with van der Waals surface area (Å²) >= 11 is 1.62. The third-order valence-electron chi connectivity index (χ3n) is 4.67. The van der Waals surface area contributed by atoms with Gasteiger partial charge in [0.2, 0.25) is 5.95 Å². The zero-order valence-corrected chi connectivity index (χ0v) is 14.9. The van der Waals surface area contributed by atoms with E-state index in [4.69, 9.17) is 0 Å². The molecule has 0 unspecified atom stereocenters. The van der Waals surface area contributed by atoms with E-state index in [1.165, 1.54) is 0 Å². The van der Waals surface area contributed by atoms with Crippen molar-refractivity contribution in [3.05, 3.63) is 52.5 Å². The molecular weight excluding hydrogens is 334 g/mol. The topological polar surface area (TPSA) is 54.3 Å². The maximum atomic E-state index is 12.4. The molecule has 0 spiro atoms. The summed E-state index contributed by atoms with van der Waals surface area (Å²) in [6.07, 6.45) is 6.48. The highest BCUT2D eigenvalue weighted by Crippen LogP contribution is 2.16. The van der Waals surface area contributed by atoms with Crippen LogP contribution in [-0.4, -0.2) is 52.2 Å². The van der Waals surface area contributed by atoms with Crippen LogP contribution < -0.4 is 10.5 Å². The zero-order chi connectivity index (χ0) is 17.1. The van der Waals surface area contributed by atoms with Crippen molar-refractivity contribution >= 4 is 27.4 Å². The van der Waals surface area contributed by atoms with Gasteiger partial charge in [0.1, 0.15) is 0 Å². The molecule has 1 fully saturated rings. The lowest BCUT2D eigenvalue weighted by Crippen LogP contribution is -2.47. The Kier molecular flexibility index (Phi) is 4.76. The van der Waals surface area contributed by atoms with E-state index in [1.54, 1.807) is 23.7 Å². The first-order valence-electron chi connectivity index (χ1n) is 8.62. The molecule has 1 aliphatic heterocycles. The number of anilines is 1. The van der Waals surface area contributed by atoms with Gasteiger partial charge in [-0.15, -0.1) is 11.3 Å². The highest BCUT2D eigenvalue weighted by molar-refractivity contribution is 7.17. The quantitative estimate of drug-likeness (QED) is 0.701. The first kappa shape index (κ1) is 16.2. The van der Waals surface area contributed by atoms with Gasteiger partial charge >= 0.3 is 0 Å². The Balaban J connectivity index is 1.28. The van der Waals surface area contributed by atoms with E-state index >= 15 is 0 Å². The third-order valence-corrected chi connectivity index (χ3v) is 5.56. The van der Waals surface area contributed by atoms with Crippen LogP contribution in [0.25, 0.3) is 10.1 Å². The van der Waals surface area contributed by atoms with Crippen molar-refractivity contribution in [2.75, 3.05) is 37.6 Å². The molecule has 3 aromatic heterocycles. The second kappa shape index (κ2) is 7.33. The second-order valence-electron chi connectivity index (χ2n) is 6.24. The molecule has 0 radical (unpaired) electrons. The fraction of sp³-hybridized carbons (Fsp3) is 0.389. The van der Waals surface area contributed by atoms with Gasteiger partial charge in [0, 0.05) is 56.0 Å². The van der Waals surface area contributed by atoms with Gasteiger partial charge in [-0.3, -0.25) is 9.69 Å². The van der Waals surface area contributed by atoms with E-state index in [2.05, 4.69) is 19.8 Å². The number of fused-ring (bicyclic) bond motifs is 1. The average molecular weight is 355 g/mol. The van der Waals surface area contributed by atoms with Crippen molar-refractivity contribution < 1.29 is 0 Å². The van der Waals surface area contributed by atoms with Crippen molar-refractivity contribution in [2.24, 2.45) is 0 Å². The molecule has 0 saturated carbocycles. The predicted molar refractivity (Wildman–Crippen MR) is 101 cm³/mol. The van der Waals surface area contributed by atoms with Crippen LogP contribution in [0.4, 0.5) is 5.95 Å². The maximum Gasteiger partial charge on any atom is 0.259 e. The van der Waals surface area contributed by atoms with Crippen molar-refractivity contribution in [2.45, 2.75) is 13.0 Å². The number of nitrogens with zero attached hydrogens (tertiary/aromatic N) is 5. The van der Waals surface area contributed by atoms with Gasteiger partial charge in [0.25, 0.3) is 5.56 Å². The molecule has 6 nitrogen and oxygen atoms in total. The van der Waals surface area contributed by atoms with Gasteiger partial charge in [-0.25, -0.2) is 9.97 Å². The Bertz CT molecular complexity index is 883. The summed E-state index contributed by atoms with van der Waals surface area (Å²) in [5.41, 5.74) is 0.129. The minimum Gasteiger partial charge on any atom is -0.338 e. The molecule has 0 N–H and O–H groups in total. The highest BCUT2D eigenvalue weighted by Gasteiger charge is 2.18. The number of piperazine rings is 1. The third kappa shape index (κ3) is 3.57. The van der Waals surface area contributed by atoms with Gasteiger partial charge in [-0.2, -0.15) is 0 Å². The monoisotopic (exact) mass is 355 g/mol. The van der Waals surface area contributed by atoms with Crippen LogP contribution in [0, 0.1) is 0 Å². The predicted octanol–water partition coefficient (Wildman–Crippen LogP) is 2.07. The van der Waals surface area contributed by atoms with Crippen LogP contribution in [0.5, 0.6) is 0 Å². The van der Waals surface area contributed by atoms with E-state index in [0.717, 1.165) is 61.7 Å². The van der Waals surface area contributed by atoms with Crippen LogP contribution in [0.15, 0.2) is 47.0 Å². The summed E-state index contributed by atoms with van der Waals surface area (Å²) < 4.78 is 2.91. The summed E-state index contributed by atoms with van der Waals surface area (Å²) in [5.74, 6) is 0.817. The first-order chi connectivity index (χ1) is 12.3. The van der Waals surface area contributed by atoms with Crippen molar-refractivity contribution in [3.63, 3.8) is 0 Å². The number of pyridine rings is 1. The van der Waals surface area contributed by atoms with E-state index in [-0.39, 0.29) is 5.56 Å². The Morgan fingerprint density at radius 1 is 1.04 bits per heavy atom. The Labute approximate surface area is 150 Å². The summed E-state index contributed by atoms with van der Waals surface area (Å²) in [5, 5.41) is 2.82. The van der Waals surface area contributed by atoms with Gasteiger partial charge in [-0.1, -0.05) is 0 Å². The van der Waals surface area contributed by atoms with Gasteiger partial charge < -0.3 is 9.47 Å². The standard InChI is InChI=1S/C18H21N5OS/c24-17-15-4-14-25-16(15)3-9-22(17)8-2-7-21-10-12-23(13-11-21)18-19-5-1-6-20-18/h1,3-6,9,14H,2,7-8,10-13H2. The molecule has 0 amide bonds. The van der Waals surface area contributed by atoms with Crippen molar-refractivity contribution in [3.8, 4) is 0 Å². The molecule has 25 heavy (non-hydrogen) atoms. The van der Waals surface area contributed by atoms with Gasteiger partial charge in [0.15, 0.2) is 0 Å². The number of rotatable bonds is 5. The van der Waals surface area contributed by atoms with Gasteiger partial charge in [-0.05, 0) is 36.5 Å². The molecule has 0 aliphatic carbocycles.